The third kappa shape index (κ3) is 4.96. The minimum Gasteiger partial charge on any atom is -0.380 e. The van der Waals surface area contributed by atoms with Gasteiger partial charge in [0, 0.05) is 19.7 Å². The van der Waals surface area contributed by atoms with E-state index in [0.29, 0.717) is 19.1 Å². The second-order valence-corrected chi connectivity index (χ2v) is 4.73. The Morgan fingerprint density at radius 3 is 2.40 bits per heavy atom. The summed E-state index contributed by atoms with van der Waals surface area (Å²) in [6, 6.07) is 0. The zero-order chi connectivity index (χ0) is 11.9. The zero-order valence-corrected chi connectivity index (χ0v) is 11.0. The molecule has 15 heavy (non-hydrogen) atoms. The van der Waals surface area contributed by atoms with Crippen molar-refractivity contribution in [3.63, 3.8) is 0 Å². The van der Waals surface area contributed by atoms with Crippen molar-refractivity contribution in [3.8, 4) is 0 Å². The van der Waals surface area contributed by atoms with Crippen molar-refractivity contribution in [2.45, 2.75) is 39.7 Å². The van der Waals surface area contributed by atoms with Gasteiger partial charge in [-0.3, -0.25) is 4.90 Å². The van der Waals surface area contributed by atoms with Gasteiger partial charge in [-0.1, -0.05) is 20.3 Å². The first-order valence-electron chi connectivity index (χ1n) is 5.99. The van der Waals surface area contributed by atoms with Gasteiger partial charge in [-0.25, -0.2) is 0 Å². The third-order valence-electron chi connectivity index (χ3n) is 3.26. The quantitative estimate of drug-likeness (QED) is 0.671. The zero-order valence-electron chi connectivity index (χ0n) is 11.0. The molecule has 0 fully saturated rings. The fourth-order valence-electron chi connectivity index (χ4n) is 1.46. The smallest absolute Gasteiger partial charge is 0.0659 e. The Balaban J connectivity index is 4.23. The molecule has 3 heteroatoms. The van der Waals surface area contributed by atoms with Gasteiger partial charge in [0.15, 0.2) is 0 Å². The van der Waals surface area contributed by atoms with Crippen LogP contribution in [0.25, 0.3) is 0 Å². The minimum absolute atomic E-state index is 0.0283. The Hall–Kier alpha value is -0.120. The van der Waals surface area contributed by atoms with E-state index >= 15 is 0 Å². The van der Waals surface area contributed by atoms with Crippen molar-refractivity contribution in [1.82, 2.24) is 4.90 Å². The average Bonchev–Trinajstić information content (AvgIpc) is 2.25. The van der Waals surface area contributed by atoms with Gasteiger partial charge < -0.3 is 10.5 Å². The first kappa shape index (κ1) is 14.9. The van der Waals surface area contributed by atoms with Crippen LogP contribution in [0.15, 0.2) is 0 Å². The van der Waals surface area contributed by atoms with Gasteiger partial charge in [0.2, 0.25) is 0 Å². The van der Waals surface area contributed by atoms with Gasteiger partial charge in [-0.05, 0) is 26.8 Å². The molecule has 2 atom stereocenters. The topological polar surface area (TPSA) is 38.5 Å². The normalized spacial score (nSPS) is 17.8. The lowest BCUT2D eigenvalue weighted by molar-refractivity contribution is 0.0178. The van der Waals surface area contributed by atoms with Crippen molar-refractivity contribution in [3.05, 3.63) is 0 Å². The van der Waals surface area contributed by atoms with Crippen LogP contribution < -0.4 is 5.73 Å². The Bertz CT molecular complexity index is 164. The summed E-state index contributed by atoms with van der Waals surface area (Å²) in [5.74, 6) is 0.711. The molecule has 0 rings (SSSR count). The van der Waals surface area contributed by atoms with E-state index in [-0.39, 0.29) is 5.54 Å². The molecule has 0 aromatic heterocycles. The van der Waals surface area contributed by atoms with Crippen molar-refractivity contribution >= 4 is 0 Å². The van der Waals surface area contributed by atoms with Gasteiger partial charge in [0.05, 0.1) is 12.1 Å². The molecule has 0 saturated heterocycles. The Kier molecular flexibility index (Phi) is 7.14. The second-order valence-electron chi connectivity index (χ2n) is 4.73. The molecule has 0 aromatic carbocycles. The highest BCUT2D eigenvalue weighted by Gasteiger charge is 2.28. The maximum absolute atomic E-state index is 5.84. The molecule has 3 nitrogen and oxygen atoms in total. The van der Waals surface area contributed by atoms with E-state index < -0.39 is 0 Å². The van der Waals surface area contributed by atoms with Gasteiger partial charge in [0.25, 0.3) is 0 Å². The summed E-state index contributed by atoms with van der Waals surface area (Å²) < 4.78 is 5.50. The third-order valence-corrected chi connectivity index (χ3v) is 3.26. The number of nitrogens with zero attached hydrogens (tertiary/aromatic N) is 1. The lowest BCUT2D eigenvalue weighted by Gasteiger charge is -2.39. The van der Waals surface area contributed by atoms with Crippen molar-refractivity contribution < 1.29 is 4.74 Å². The summed E-state index contributed by atoms with van der Waals surface area (Å²) in [6.45, 7) is 11.9. The van der Waals surface area contributed by atoms with Crippen LogP contribution in [0.4, 0.5) is 0 Å². The van der Waals surface area contributed by atoms with Crippen LogP contribution in [0.3, 0.4) is 0 Å². The predicted octanol–water partition coefficient (Wildman–Crippen LogP) is 1.72. The lowest BCUT2D eigenvalue weighted by atomic mass is 9.99. The van der Waals surface area contributed by atoms with Crippen molar-refractivity contribution in [2.75, 3.05) is 33.4 Å². The number of rotatable bonds is 8. The van der Waals surface area contributed by atoms with Crippen LogP contribution in [0.1, 0.15) is 34.1 Å². The Labute approximate surface area is 95.0 Å². The van der Waals surface area contributed by atoms with Crippen LogP contribution in [0, 0.1) is 5.92 Å². The molecule has 2 unspecified atom stereocenters. The van der Waals surface area contributed by atoms with E-state index in [1.54, 1.807) is 0 Å². The first-order valence-corrected chi connectivity index (χ1v) is 5.99. The van der Waals surface area contributed by atoms with E-state index in [9.17, 15) is 0 Å². The van der Waals surface area contributed by atoms with Crippen LogP contribution in [0.5, 0.6) is 0 Å². The number of hydrogen-bond donors (Lipinski definition) is 1. The number of ether oxygens (including phenoxy) is 1. The van der Waals surface area contributed by atoms with E-state index in [2.05, 4.69) is 32.7 Å². The van der Waals surface area contributed by atoms with E-state index in [1.165, 1.54) is 6.42 Å². The highest BCUT2D eigenvalue weighted by Crippen LogP contribution is 2.15. The highest BCUT2D eigenvalue weighted by molar-refractivity contribution is 4.86. The number of nitrogens with two attached hydrogens (primary N) is 1. The summed E-state index contributed by atoms with van der Waals surface area (Å²) in [4.78, 5) is 2.33. The maximum atomic E-state index is 5.84. The number of likely N-dealkylation sites (N-methyl/N-ethyl adjacent to an activating group) is 1. The monoisotopic (exact) mass is 216 g/mol. The van der Waals surface area contributed by atoms with Crippen molar-refractivity contribution in [1.29, 1.82) is 0 Å². The molecule has 0 saturated carbocycles. The summed E-state index contributed by atoms with van der Waals surface area (Å²) in [5, 5.41) is 0. The van der Waals surface area contributed by atoms with Crippen molar-refractivity contribution in [2.24, 2.45) is 11.7 Å². The molecule has 0 aliphatic carbocycles. The Morgan fingerprint density at radius 2 is 2.00 bits per heavy atom. The van der Waals surface area contributed by atoms with Crippen LogP contribution in [-0.4, -0.2) is 43.8 Å². The highest BCUT2D eigenvalue weighted by atomic mass is 16.5. The molecule has 92 valence electrons. The molecule has 0 bridgehead atoms. The van der Waals surface area contributed by atoms with Crippen LogP contribution in [-0.2, 0) is 4.74 Å². The standard InChI is InChI=1S/C12H28N2O/c1-6-11(3)8-14(5)12(4,9-13)10-15-7-2/h11H,6-10,13H2,1-5H3. The fraction of sp³-hybridized carbons (Fsp3) is 1.00. The molecule has 2 N–H and O–H groups in total. The molecule has 0 heterocycles. The molecule has 0 radical (unpaired) electrons. The van der Waals surface area contributed by atoms with Gasteiger partial charge in [0.1, 0.15) is 0 Å². The van der Waals surface area contributed by atoms with E-state index in [0.717, 1.165) is 13.2 Å². The molecule has 0 aliphatic heterocycles. The first-order chi connectivity index (χ1) is 7.00. The molecule has 0 aromatic rings. The minimum atomic E-state index is -0.0283. The summed E-state index contributed by atoms with van der Waals surface area (Å²) in [6.07, 6.45) is 1.21. The fourth-order valence-corrected chi connectivity index (χ4v) is 1.46. The summed E-state index contributed by atoms with van der Waals surface area (Å²) in [7, 11) is 2.14. The number of hydrogen-bond acceptors (Lipinski definition) is 3. The van der Waals surface area contributed by atoms with Crippen LogP contribution >= 0.6 is 0 Å². The second kappa shape index (κ2) is 7.20. The van der Waals surface area contributed by atoms with Gasteiger partial charge in [-0.15, -0.1) is 0 Å². The van der Waals surface area contributed by atoms with Crippen LogP contribution in [0.2, 0.25) is 0 Å². The Morgan fingerprint density at radius 1 is 1.40 bits per heavy atom. The SMILES string of the molecule is CCOCC(C)(CN)N(C)CC(C)CC. The lowest BCUT2D eigenvalue weighted by Crippen LogP contribution is -2.54. The average molecular weight is 216 g/mol. The van der Waals surface area contributed by atoms with Gasteiger partial charge >= 0.3 is 0 Å². The summed E-state index contributed by atoms with van der Waals surface area (Å²) in [5.41, 5.74) is 5.82. The molecular formula is C12H28N2O. The summed E-state index contributed by atoms with van der Waals surface area (Å²) >= 11 is 0. The largest absolute Gasteiger partial charge is 0.380 e. The van der Waals surface area contributed by atoms with E-state index in [1.807, 2.05) is 6.92 Å². The maximum Gasteiger partial charge on any atom is 0.0659 e. The predicted molar refractivity (Wildman–Crippen MR) is 66.0 cm³/mol. The van der Waals surface area contributed by atoms with E-state index in [4.69, 9.17) is 10.5 Å². The molecule has 0 spiro atoms. The molecular weight excluding hydrogens is 188 g/mol. The van der Waals surface area contributed by atoms with Gasteiger partial charge in [-0.2, -0.15) is 0 Å². The molecule has 0 amide bonds. The molecule has 0 aliphatic rings.